The molecular weight excluding hydrogens is 206 g/mol. The number of hydrazone groups is 1. The van der Waals surface area contributed by atoms with Gasteiger partial charge >= 0.3 is 5.97 Å². The number of nitrogens with one attached hydrogen (secondary N) is 1. The van der Waals surface area contributed by atoms with Gasteiger partial charge in [0.25, 0.3) is 0 Å². The van der Waals surface area contributed by atoms with Crippen molar-refractivity contribution in [3.63, 3.8) is 0 Å². The Labute approximate surface area is 94.3 Å². The van der Waals surface area contributed by atoms with Crippen molar-refractivity contribution in [1.29, 1.82) is 0 Å². The average Bonchev–Trinajstić information content (AvgIpc) is 2.27. The molecule has 0 amide bonds. The quantitative estimate of drug-likeness (QED) is 0.340. The molecule has 16 heavy (non-hydrogen) atoms. The Morgan fingerprint density at radius 2 is 1.94 bits per heavy atom. The molecule has 86 valence electrons. The first-order chi connectivity index (χ1) is 7.56. The summed E-state index contributed by atoms with van der Waals surface area (Å²) in [7, 11) is 1.25. The number of nitrogens with two attached hydrogens (primary N) is 1. The zero-order valence-electron chi connectivity index (χ0n) is 9.57. The van der Waals surface area contributed by atoms with E-state index in [4.69, 9.17) is 5.73 Å². The number of methoxy groups -OCH3 is 1. The molecule has 0 spiro atoms. The van der Waals surface area contributed by atoms with Crippen LogP contribution in [0.15, 0.2) is 23.3 Å². The van der Waals surface area contributed by atoms with Crippen LogP contribution in [-0.2, 0) is 9.53 Å². The molecular formula is C11H15N3O2. The maximum Gasteiger partial charge on any atom is 0.375 e. The van der Waals surface area contributed by atoms with Crippen molar-refractivity contribution in [3.05, 3.63) is 29.3 Å². The zero-order chi connectivity index (χ0) is 12.1. The highest BCUT2D eigenvalue weighted by atomic mass is 16.5. The number of carbonyl (C=O) groups is 1. The molecule has 0 saturated heterocycles. The van der Waals surface area contributed by atoms with Crippen LogP contribution < -0.4 is 11.2 Å². The second kappa shape index (κ2) is 5.16. The van der Waals surface area contributed by atoms with Crippen molar-refractivity contribution in [2.45, 2.75) is 13.8 Å². The van der Waals surface area contributed by atoms with Gasteiger partial charge in [0.2, 0.25) is 5.84 Å². The summed E-state index contributed by atoms with van der Waals surface area (Å²) in [5, 5.41) is 3.76. The molecule has 0 aromatic heterocycles. The number of anilines is 1. The van der Waals surface area contributed by atoms with Gasteiger partial charge in [0.15, 0.2) is 0 Å². The molecule has 3 N–H and O–H groups in total. The maximum atomic E-state index is 11.0. The number of carbonyl (C=O) groups excluding carboxylic acids is 1. The van der Waals surface area contributed by atoms with Crippen LogP contribution >= 0.6 is 0 Å². The summed E-state index contributed by atoms with van der Waals surface area (Å²) in [4.78, 5) is 11.0. The van der Waals surface area contributed by atoms with Gasteiger partial charge in [-0.2, -0.15) is 0 Å². The van der Waals surface area contributed by atoms with E-state index in [0.717, 1.165) is 16.8 Å². The van der Waals surface area contributed by atoms with Crippen LogP contribution in [0.4, 0.5) is 5.69 Å². The summed E-state index contributed by atoms with van der Waals surface area (Å²) in [6.45, 7) is 3.89. The van der Waals surface area contributed by atoms with Crippen LogP contribution in [-0.4, -0.2) is 18.9 Å². The van der Waals surface area contributed by atoms with Gasteiger partial charge in [0, 0.05) is 0 Å². The van der Waals surface area contributed by atoms with Crippen molar-refractivity contribution in [1.82, 2.24) is 0 Å². The lowest BCUT2D eigenvalue weighted by molar-refractivity contribution is -0.132. The number of esters is 1. The topological polar surface area (TPSA) is 76.7 Å². The molecule has 0 heterocycles. The monoisotopic (exact) mass is 221 g/mol. The minimum absolute atomic E-state index is 0.204. The second-order valence-electron chi connectivity index (χ2n) is 3.37. The van der Waals surface area contributed by atoms with Gasteiger partial charge in [0.1, 0.15) is 0 Å². The molecule has 0 saturated carbocycles. The van der Waals surface area contributed by atoms with E-state index < -0.39 is 5.97 Å². The van der Waals surface area contributed by atoms with Crippen LogP contribution in [0, 0.1) is 13.8 Å². The number of benzene rings is 1. The predicted molar refractivity (Wildman–Crippen MR) is 63.2 cm³/mol. The first-order valence-electron chi connectivity index (χ1n) is 4.80. The number of para-hydroxylation sites is 1. The number of nitrogens with zero attached hydrogens (tertiary/aromatic N) is 1. The third-order valence-corrected chi connectivity index (χ3v) is 2.16. The van der Waals surface area contributed by atoms with E-state index in [2.05, 4.69) is 15.3 Å². The number of aryl methyl sites for hydroxylation is 2. The van der Waals surface area contributed by atoms with Gasteiger partial charge in [-0.3, -0.25) is 5.43 Å². The van der Waals surface area contributed by atoms with Crippen LogP contribution in [0.5, 0.6) is 0 Å². The molecule has 0 aliphatic rings. The van der Waals surface area contributed by atoms with Crippen molar-refractivity contribution in [2.75, 3.05) is 12.5 Å². The Bertz CT molecular complexity index is 407. The van der Waals surface area contributed by atoms with Gasteiger partial charge in [0.05, 0.1) is 12.8 Å². The molecule has 0 fully saturated rings. The first kappa shape index (κ1) is 12.0. The van der Waals surface area contributed by atoms with Gasteiger partial charge < -0.3 is 10.5 Å². The summed E-state index contributed by atoms with van der Waals surface area (Å²) in [5.41, 5.74) is 11.0. The van der Waals surface area contributed by atoms with E-state index in [0.29, 0.717) is 0 Å². The Hall–Kier alpha value is -2.04. The van der Waals surface area contributed by atoms with Gasteiger partial charge in [-0.25, -0.2) is 4.79 Å². The number of amidine groups is 1. The summed E-state index contributed by atoms with van der Waals surface area (Å²) in [6, 6.07) is 5.83. The third-order valence-electron chi connectivity index (χ3n) is 2.16. The number of rotatable bonds is 2. The smallest absolute Gasteiger partial charge is 0.375 e. The Kier molecular flexibility index (Phi) is 3.88. The molecule has 1 aromatic rings. The molecule has 0 bridgehead atoms. The minimum Gasteiger partial charge on any atom is -0.463 e. The Morgan fingerprint density at radius 1 is 1.38 bits per heavy atom. The molecule has 0 aliphatic carbocycles. The van der Waals surface area contributed by atoms with Crippen molar-refractivity contribution in [3.8, 4) is 0 Å². The minimum atomic E-state index is -0.654. The molecule has 0 unspecified atom stereocenters. The maximum absolute atomic E-state index is 11.0. The molecule has 5 heteroatoms. The summed E-state index contributed by atoms with van der Waals surface area (Å²) in [5.74, 6) is -0.858. The highest BCUT2D eigenvalue weighted by molar-refractivity contribution is 6.34. The largest absolute Gasteiger partial charge is 0.463 e. The number of ether oxygens (including phenoxy) is 1. The first-order valence-corrected chi connectivity index (χ1v) is 4.80. The standard InChI is InChI=1S/C11H15N3O2/c1-7-5-4-6-8(2)9(7)13-14-10(12)11(15)16-3/h4-6,13H,1-3H3,(H2,12,14). The molecule has 1 aromatic carbocycles. The lowest BCUT2D eigenvalue weighted by Gasteiger charge is -2.08. The van der Waals surface area contributed by atoms with E-state index in [1.54, 1.807) is 0 Å². The van der Waals surface area contributed by atoms with E-state index in [9.17, 15) is 4.79 Å². The average molecular weight is 221 g/mol. The van der Waals surface area contributed by atoms with E-state index in [1.165, 1.54) is 7.11 Å². The Morgan fingerprint density at radius 3 is 2.44 bits per heavy atom. The second-order valence-corrected chi connectivity index (χ2v) is 3.37. The number of hydrogen-bond acceptors (Lipinski definition) is 4. The van der Waals surface area contributed by atoms with Crippen molar-refractivity contribution in [2.24, 2.45) is 10.8 Å². The fourth-order valence-corrected chi connectivity index (χ4v) is 1.26. The molecule has 5 nitrogen and oxygen atoms in total. The SMILES string of the molecule is COC(=O)/C(N)=N/Nc1c(C)cccc1C. The fourth-order valence-electron chi connectivity index (χ4n) is 1.26. The van der Waals surface area contributed by atoms with Crippen LogP contribution in [0.3, 0.4) is 0 Å². The summed E-state index contributed by atoms with van der Waals surface area (Å²) < 4.78 is 4.43. The molecule has 1 rings (SSSR count). The van der Waals surface area contributed by atoms with Crippen LogP contribution in [0.2, 0.25) is 0 Å². The van der Waals surface area contributed by atoms with Crippen molar-refractivity contribution < 1.29 is 9.53 Å². The van der Waals surface area contributed by atoms with E-state index >= 15 is 0 Å². The van der Waals surface area contributed by atoms with Crippen molar-refractivity contribution >= 4 is 17.5 Å². The van der Waals surface area contributed by atoms with Gasteiger partial charge in [-0.05, 0) is 25.0 Å². The van der Waals surface area contributed by atoms with Gasteiger partial charge in [-0.15, -0.1) is 5.10 Å². The predicted octanol–water partition coefficient (Wildman–Crippen LogP) is 1.16. The molecule has 0 radical (unpaired) electrons. The normalized spacial score (nSPS) is 11.1. The zero-order valence-corrected chi connectivity index (χ0v) is 9.57. The summed E-state index contributed by atoms with van der Waals surface area (Å²) in [6.07, 6.45) is 0. The molecule has 0 atom stereocenters. The van der Waals surface area contributed by atoms with E-state index in [-0.39, 0.29) is 5.84 Å². The molecule has 0 aliphatic heterocycles. The van der Waals surface area contributed by atoms with E-state index in [1.807, 2.05) is 32.0 Å². The van der Waals surface area contributed by atoms with Gasteiger partial charge in [-0.1, -0.05) is 18.2 Å². The van der Waals surface area contributed by atoms with Crippen LogP contribution in [0.25, 0.3) is 0 Å². The lowest BCUT2D eigenvalue weighted by atomic mass is 10.1. The Balaban J connectivity index is 2.86. The number of hydrogen-bond donors (Lipinski definition) is 2. The fraction of sp³-hybridized carbons (Fsp3) is 0.273. The lowest BCUT2D eigenvalue weighted by Crippen LogP contribution is -2.26. The third kappa shape index (κ3) is 2.73. The highest BCUT2D eigenvalue weighted by Gasteiger charge is 2.06. The van der Waals surface area contributed by atoms with Crippen LogP contribution in [0.1, 0.15) is 11.1 Å². The summed E-state index contributed by atoms with van der Waals surface area (Å²) >= 11 is 0. The highest BCUT2D eigenvalue weighted by Crippen LogP contribution is 2.18.